The molecule has 1 aromatic carbocycles. The molecule has 0 spiro atoms. The highest BCUT2D eigenvalue weighted by Gasteiger charge is 2.17. The molecule has 0 saturated heterocycles. The topological polar surface area (TPSA) is 75.3 Å². The van der Waals surface area contributed by atoms with Crippen LogP contribution in [0.25, 0.3) is 10.1 Å². The Morgan fingerprint density at radius 3 is 2.95 bits per heavy atom. The van der Waals surface area contributed by atoms with Gasteiger partial charge in [0.2, 0.25) is 0 Å². The van der Waals surface area contributed by atoms with E-state index in [9.17, 15) is 4.79 Å². The van der Waals surface area contributed by atoms with Crippen molar-refractivity contribution in [3.8, 4) is 0 Å². The second kappa shape index (κ2) is 6.91. The number of nitrogens with two attached hydrogens (primary N) is 1. The lowest BCUT2D eigenvalue weighted by Crippen LogP contribution is -2.29. The monoisotopic (exact) mass is 296 g/mol. The first-order valence-corrected chi connectivity index (χ1v) is 7.95. The van der Waals surface area contributed by atoms with Gasteiger partial charge in [-0.25, -0.2) is 5.84 Å². The third-order valence-corrected chi connectivity index (χ3v) is 5.01. The van der Waals surface area contributed by atoms with E-state index in [4.69, 9.17) is 10.9 Å². The number of nitrogens with one attached hydrogen (secondary N) is 1. The SMILES string of the molecule is NNC(=O)c1sc2ccccc2c1CSCCCO. The minimum Gasteiger partial charge on any atom is -0.396 e. The Hall–Kier alpha value is -1.08. The zero-order chi connectivity index (χ0) is 13.7. The average Bonchev–Trinajstić information content (AvgIpc) is 2.81. The molecule has 0 saturated carbocycles. The highest BCUT2D eigenvalue weighted by Crippen LogP contribution is 2.33. The van der Waals surface area contributed by atoms with Gasteiger partial charge in [-0.2, -0.15) is 11.8 Å². The first-order chi connectivity index (χ1) is 9.27. The fraction of sp³-hybridized carbons (Fsp3) is 0.308. The molecule has 19 heavy (non-hydrogen) atoms. The lowest BCUT2D eigenvalue weighted by atomic mass is 10.1. The molecule has 4 N–H and O–H groups in total. The summed E-state index contributed by atoms with van der Waals surface area (Å²) in [5.74, 6) is 6.64. The molecule has 0 radical (unpaired) electrons. The normalized spacial score (nSPS) is 10.8. The van der Waals surface area contributed by atoms with Crippen molar-refractivity contribution >= 4 is 39.1 Å². The predicted octanol–water partition coefficient (Wildman–Crippen LogP) is 2.12. The molecule has 2 rings (SSSR count). The van der Waals surface area contributed by atoms with Gasteiger partial charge in [0.15, 0.2) is 0 Å². The third kappa shape index (κ3) is 3.27. The van der Waals surface area contributed by atoms with E-state index in [2.05, 4.69) is 5.43 Å². The van der Waals surface area contributed by atoms with Crippen LogP contribution in [-0.2, 0) is 5.75 Å². The van der Waals surface area contributed by atoms with Gasteiger partial charge in [-0.3, -0.25) is 10.2 Å². The molecular formula is C13H16N2O2S2. The molecular weight excluding hydrogens is 280 g/mol. The van der Waals surface area contributed by atoms with Gasteiger partial charge >= 0.3 is 0 Å². The van der Waals surface area contributed by atoms with E-state index >= 15 is 0 Å². The maximum atomic E-state index is 11.8. The molecule has 0 atom stereocenters. The summed E-state index contributed by atoms with van der Waals surface area (Å²) in [6, 6.07) is 7.98. The van der Waals surface area contributed by atoms with Gasteiger partial charge in [-0.15, -0.1) is 11.3 Å². The molecule has 1 aromatic heterocycles. The number of hydrazine groups is 1. The van der Waals surface area contributed by atoms with Crippen LogP contribution in [0.3, 0.4) is 0 Å². The molecule has 0 aliphatic carbocycles. The van der Waals surface area contributed by atoms with Gasteiger partial charge in [0.05, 0.1) is 4.88 Å². The van der Waals surface area contributed by atoms with Crippen LogP contribution in [0.15, 0.2) is 24.3 Å². The molecule has 102 valence electrons. The van der Waals surface area contributed by atoms with Gasteiger partial charge in [0.1, 0.15) is 0 Å². The van der Waals surface area contributed by atoms with Crippen LogP contribution < -0.4 is 11.3 Å². The molecule has 6 heteroatoms. The van der Waals surface area contributed by atoms with E-state index in [1.807, 2.05) is 24.3 Å². The van der Waals surface area contributed by atoms with Crippen molar-refractivity contribution in [1.29, 1.82) is 0 Å². The molecule has 4 nitrogen and oxygen atoms in total. The number of thiophene rings is 1. The Bertz CT molecular complexity index is 569. The molecule has 1 heterocycles. The number of aliphatic hydroxyl groups excluding tert-OH is 1. The number of carbonyl (C=O) groups excluding carboxylic acids is 1. The van der Waals surface area contributed by atoms with Crippen molar-refractivity contribution in [2.75, 3.05) is 12.4 Å². The van der Waals surface area contributed by atoms with E-state index in [-0.39, 0.29) is 12.5 Å². The van der Waals surface area contributed by atoms with E-state index < -0.39 is 0 Å². The van der Waals surface area contributed by atoms with E-state index in [1.54, 1.807) is 11.8 Å². The molecule has 0 unspecified atom stereocenters. The second-order valence-corrected chi connectivity index (χ2v) is 6.17. The van der Waals surface area contributed by atoms with E-state index in [0.29, 0.717) is 4.88 Å². The maximum Gasteiger partial charge on any atom is 0.275 e. The summed E-state index contributed by atoms with van der Waals surface area (Å²) in [7, 11) is 0. The van der Waals surface area contributed by atoms with E-state index in [0.717, 1.165) is 33.6 Å². The summed E-state index contributed by atoms with van der Waals surface area (Å²) in [5, 5.41) is 9.90. The number of hydrogen-bond donors (Lipinski definition) is 3. The second-order valence-electron chi connectivity index (χ2n) is 4.01. The minimum absolute atomic E-state index is 0.202. The number of benzene rings is 1. The Labute approximate surface area is 120 Å². The summed E-state index contributed by atoms with van der Waals surface area (Å²) < 4.78 is 1.10. The fourth-order valence-corrected chi connectivity index (χ4v) is 4.03. The Morgan fingerprint density at radius 1 is 1.42 bits per heavy atom. The van der Waals surface area contributed by atoms with Crippen molar-refractivity contribution in [3.63, 3.8) is 0 Å². The number of amides is 1. The van der Waals surface area contributed by atoms with Gasteiger partial charge in [-0.1, -0.05) is 18.2 Å². The molecule has 1 amide bonds. The summed E-state index contributed by atoms with van der Waals surface area (Å²) in [5.41, 5.74) is 3.24. The van der Waals surface area contributed by atoms with Crippen LogP contribution in [0.1, 0.15) is 21.7 Å². The smallest absolute Gasteiger partial charge is 0.275 e. The zero-order valence-corrected chi connectivity index (χ0v) is 12.0. The van der Waals surface area contributed by atoms with Gasteiger partial charge in [0, 0.05) is 17.1 Å². The zero-order valence-electron chi connectivity index (χ0n) is 10.4. The van der Waals surface area contributed by atoms with Crippen molar-refractivity contribution in [2.24, 2.45) is 5.84 Å². The van der Waals surface area contributed by atoms with Crippen LogP contribution >= 0.6 is 23.1 Å². The standard InChI is InChI=1S/C13H16N2O2S2/c14-15-13(17)12-10(8-18-7-3-6-16)9-4-1-2-5-11(9)19-12/h1-2,4-5,16H,3,6-8,14H2,(H,15,17). The Balaban J connectivity index is 2.29. The predicted molar refractivity (Wildman–Crippen MR) is 81.3 cm³/mol. The van der Waals surface area contributed by atoms with Gasteiger partial charge in [-0.05, 0) is 29.2 Å². The summed E-state index contributed by atoms with van der Waals surface area (Å²) in [6.45, 7) is 0.202. The number of hydrogen-bond acceptors (Lipinski definition) is 5. The average molecular weight is 296 g/mol. The number of aliphatic hydroxyl groups is 1. The number of nitrogen functional groups attached to an aromatic ring is 1. The van der Waals surface area contributed by atoms with Crippen molar-refractivity contribution in [2.45, 2.75) is 12.2 Å². The number of rotatable bonds is 6. The quantitative estimate of drug-likeness (QED) is 0.330. The van der Waals surface area contributed by atoms with Crippen molar-refractivity contribution < 1.29 is 9.90 Å². The van der Waals surface area contributed by atoms with Crippen LogP contribution in [-0.4, -0.2) is 23.4 Å². The summed E-state index contributed by atoms with van der Waals surface area (Å²) in [6.07, 6.45) is 0.769. The van der Waals surface area contributed by atoms with Crippen LogP contribution in [0.5, 0.6) is 0 Å². The summed E-state index contributed by atoms with van der Waals surface area (Å²) in [4.78, 5) is 12.5. The highest BCUT2D eigenvalue weighted by atomic mass is 32.2. The number of thioether (sulfide) groups is 1. The Morgan fingerprint density at radius 2 is 2.21 bits per heavy atom. The lowest BCUT2D eigenvalue weighted by Gasteiger charge is -2.03. The van der Waals surface area contributed by atoms with Gasteiger partial charge < -0.3 is 5.11 Å². The number of carbonyl (C=O) groups is 1. The van der Waals surface area contributed by atoms with Crippen molar-refractivity contribution in [3.05, 3.63) is 34.7 Å². The molecule has 0 fully saturated rings. The molecule has 0 bridgehead atoms. The minimum atomic E-state index is -0.237. The largest absolute Gasteiger partial charge is 0.396 e. The van der Waals surface area contributed by atoms with Gasteiger partial charge in [0.25, 0.3) is 5.91 Å². The maximum absolute atomic E-state index is 11.8. The Kier molecular flexibility index (Phi) is 5.21. The lowest BCUT2D eigenvalue weighted by molar-refractivity contribution is 0.0957. The molecule has 0 aliphatic rings. The highest BCUT2D eigenvalue weighted by molar-refractivity contribution is 7.98. The van der Waals surface area contributed by atoms with Crippen LogP contribution in [0.4, 0.5) is 0 Å². The van der Waals surface area contributed by atoms with Crippen molar-refractivity contribution in [1.82, 2.24) is 5.43 Å². The van der Waals surface area contributed by atoms with E-state index in [1.165, 1.54) is 11.3 Å². The first kappa shape index (κ1) is 14.3. The first-order valence-electron chi connectivity index (χ1n) is 5.98. The van der Waals surface area contributed by atoms with Crippen LogP contribution in [0, 0.1) is 0 Å². The van der Waals surface area contributed by atoms with Crippen LogP contribution in [0.2, 0.25) is 0 Å². The molecule has 2 aromatic rings. The number of fused-ring (bicyclic) bond motifs is 1. The third-order valence-electron chi connectivity index (χ3n) is 2.73. The molecule has 0 aliphatic heterocycles. The summed E-state index contributed by atoms with van der Waals surface area (Å²) >= 11 is 3.18. The fourth-order valence-electron chi connectivity index (χ4n) is 1.83.